The summed E-state index contributed by atoms with van der Waals surface area (Å²) in [5.74, 6) is -0.390. The first-order valence-corrected chi connectivity index (χ1v) is 10.1. The Bertz CT molecular complexity index is 1060. The third-order valence-corrected chi connectivity index (χ3v) is 5.52. The largest absolute Gasteiger partial charge is 0.506 e. The number of benzene rings is 2. The van der Waals surface area contributed by atoms with E-state index in [4.69, 9.17) is 16.3 Å². The van der Waals surface area contributed by atoms with E-state index in [0.717, 1.165) is 22.3 Å². The standard InChI is InChI=1S/C23H21ClN2O5/c24-20-10-9-18(27)21(26-20)22(29)19(28)11-25-23(30)31-12-17-15-7-3-1-5-13(15)14-6-2-4-8-16(14)17/h1-10,17,19,22,27-29H,11-12H2,(H,25,30). The molecular weight excluding hydrogens is 420 g/mol. The van der Waals surface area contributed by atoms with Crippen molar-refractivity contribution in [3.05, 3.63) is 82.6 Å². The fourth-order valence-corrected chi connectivity index (χ4v) is 3.95. The SMILES string of the molecule is O=C(NCC(O)C(O)c1nc(Cl)ccc1O)OCC1c2ccccc2-c2ccccc21. The van der Waals surface area contributed by atoms with Crippen molar-refractivity contribution in [2.45, 2.75) is 18.1 Å². The highest BCUT2D eigenvalue weighted by Gasteiger charge is 2.29. The minimum atomic E-state index is -1.53. The predicted molar refractivity (Wildman–Crippen MR) is 115 cm³/mol. The van der Waals surface area contributed by atoms with Gasteiger partial charge in [0.2, 0.25) is 0 Å². The Morgan fingerprint density at radius 2 is 1.65 bits per heavy atom. The van der Waals surface area contributed by atoms with Gasteiger partial charge >= 0.3 is 6.09 Å². The van der Waals surface area contributed by atoms with Gasteiger partial charge < -0.3 is 25.4 Å². The fourth-order valence-electron chi connectivity index (χ4n) is 3.79. The molecule has 0 radical (unpaired) electrons. The Hall–Kier alpha value is -3.13. The molecule has 2 atom stereocenters. The summed E-state index contributed by atoms with van der Waals surface area (Å²) in [5.41, 5.74) is 4.26. The van der Waals surface area contributed by atoms with Crippen LogP contribution < -0.4 is 5.32 Å². The minimum absolute atomic E-state index is 0.0588. The van der Waals surface area contributed by atoms with Crippen LogP contribution in [0.25, 0.3) is 11.1 Å². The molecule has 0 fully saturated rings. The maximum Gasteiger partial charge on any atom is 0.407 e. The molecule has 1 amide bonds. The van der Waals surface area contributed by atoms with Crippen LogP contribution in [0.4, 0.5) is 4.79 Å². The van der Waals surface area contributed by atoms with E-state index in [9.17, 15) is 20.1 Å². The number of aliphatic hydroxyl groups excluding tert-OH is 2. The van der Waals surface area contributed by atoms with E-state index < -0.39 is 18.3 Å². The topological polar surface area (TPSA) is 112 Å². The number of alkyl carbamates (subject to hydrolysis) is 1. The van der Waals surface area contributed by atoms with Crippen LogP contribution in [0, 0.1) is 0 Å². The third kappa shape index (κ3) is 4.34. The van der Waals surface area contributed by atoms with Gasteiger partial charge in [0.05, 0.1) is 0 Å². The second kappa shape index (κ2) is 8.93. The number of carbonyl (C=O) groups excluding carboxylic acids is 1. The number of hydrogen-bond donors (Lipinski definition) is 4. The first-order valence-electron chi connectivity index (χ1n) is 9.76. The Morgan fingerprint density at radius 1 is 1.03 bits per heavy atom. The summed E-state index contributed by atoms with van der Waals surface area (Å²) in [6, 6.07) is 18.6. The Labute approximate surface area is 183 Å². The van der Waals surface area contributed by atoms with E-state index in [1.165, 1.54) is 12.1 Å². The van der Waals surface area contributed by atoms with Crippen molar-refractivity contribution in [1.82, 2.24) is 10.3 Å². The molecule has 31 heavy (non-hydrogen) atoms. The highest BCUT2D eigenvalue weighted by Crippen LogP contribution is 2.44. The Kier molecular flexibility index (Phi) is 6.08. The molecular formula is C23H21ClN2O5. The molecule has 4 N–H and O–H groups in total. The minimum Gasteiger partial charge on any atom is -0.506 e. The number of ether oxygens (including phenoxy) is 1. The molecule has 0 aliphatic heterocycles. The van der Waals surface area contributed by atoms with Crippen molar-refractivity contribution in [2.24, 2.45) is 0 Å². The van der Waals surface area contributed by atoms with Gasteiger partial charge in [-0.1, -0.05) is 60.1 Å². The molecule has 1 aliphatic rings. The maximum atomic E-state index is 12.2. The molecule has 7 nitrogen and oxygen atoms in total. The van der Waals surface area contributed by atoms with E-state index in [2.05, 4.69) is 10.3 Å². The molecule has 0 bridgehead atoms. The summed E-state index contributed by atoms with van der Waals surface area (Å²) in [4.78, 5) is 16.0. The van der Waals surface area contributed by atoms with Crippen molar-refractivity contribution in [1.29, 1.82) is 0 Å². The van der Waals surface area contributed by atoms with E-state index in [0.29, 0.717) is 0 Å². The van der Waals surface area contributed by atoms with Gasteiger partial charge in [0.25, 0.3) is 0 Å². The van der Waals surface area contributed by atoms with Crippen LogP contribution in [0.2, 0.25) is 5.15 Å². The molecule has 1 heterocycles. The lowest BCUT2D eigenvalue weighted by molar-refractivity contribution is 0.0147. The van der Waals surface area contributed by atoms with Crippen LogP contribution >= 0.6 is 11.6 Å². The van der Waals surface area contributed by atoms with Crippen molar-refractivity contribution < 1.29 is 24.9 Å². The molecule has 0 spiro atoms. The number of pyridine rings is 1. The molecule has 4 rings (SSSR count). The van der Waals surface area contributed by atoms with Crippen LogP contribution in [-0.4, -0.2) is 45.7 Å². The summed E-state index contributed by atoms with van der Waals surface area (Å²) in [5, 5.41) is 32.6. The lowest BCUT2D eigenvalue weighted by Crippen LogP contribution is -2.36. The smallest absolute Gasteiger partial charge is 0.407 e. The first-order chi connectivity index (χ1) is 15.0. The summed E-state index contributed by atoms with van der Waals surface area (Å²) in [6.07, 6.45) is -3.68. The zero-order valence-electron chi connectivity index (χ0n) is 16.4. The number of aliphatic hydroxyl groups is 2. The van der Waals surface area contributed by atoms with Crippen LogP contribution in [0.1, 0.15) is 28.8 Å². The predicted octanol–water partition coefficient (Wildman–Crippen LogP) is 3.37. The molecule has 2 aromatic carbocycles. The number of hydrogen-bond acceptors (Lipinski definition) is 6. The number of nitrogens with zero attached hydrogens (tertiary/aromatic N) is 1. The number of aromatic nitrogens is 1. The number of aromatic hydroxyl groups is 1. The van der Waals surface area contributed by atoms with E-state index in [1.807, 2.05) is 48.5 Å². The highest BCUT2D eigenvalue weighted by molar-refractivity contribution is 6.29. The van der Waals surface area contributed by atoms with Crippen LogP contribution in [-0.2, 0) is 4.74 Å². The molecule has 2 unspecified atom stereocenters. The lowest BCUT2D eigenvalue weighted by Gasteiger charge is -2.19. The van der Waals surface area contributed by atoms with E-state index in [-0.39, 0.29) is 35.7 Å². The second-order valence-corrected chi connectivity index (χ2v) is 7.64. The maximum absolute atomic E-state index is 12.2. The van der Waals surface area contributed by atoms with Crippen molar-refractivity contribution in [3.63, 3.8) is 0 Å². The van der Waals surface area contributed by atoms with E-state index in [1.54, 1.807) is 0 Å². The summed E-state index contributed by atoms with van der Waals surface area (Å²) in [7, 11) is 0. The van der Waals surface area contributed by atoms with Gasteiger partial charge in [0, 0.05) is 12.5 Å². The van der Waals surface area contributed by atoms with Crippen molar-refractivity contribution >= 4 is 17.7 Å². The van der Waals surface area contributed by atoms with Gasteiger partial charge in [-0.15, -0.1) is 0 Å². The molecule has 3 aromatic rings. The number of carbonyl (C=O) groups is 1. The number of nitrogens with one attached hydrogen (secondary N) is 1. The summed E-state index contributed by atoms with van der Waals surface area (Å²) < 4.78 is 5.39. The van der Waals surface area contributed by atoms with E-state index >= 15 is 0 Å². The molecule has 1 aromatic heterocycles. The molecule has 1 aliphatic carbocycles. The van der Waals surface area contributed by atoms with Crippen LogP contribution in [0.15, 0.2) is 60.7 Å². The molecule has 8 heteroatoms. The summed E-state index contributed by atoms with van der Waals surface area (Å²) in [6.45, 7) is -0.166. The Morgan fingerprint density at radius 3 is 2.29 bits per heavy atom. The van der Waals surface area contributed by atoms with Gasteiger partial charge in [0.15, 0.2) is 0 Å². The average Bonchev–Trinajstić information content (AvgIpc) is 3.11. The van der Waals surface area contributed by atoms with Crippen molar-refractivity contribution in [3.8, 4) is 16.9 Å². The Balaban J connectivity index is 1.35. The number of amides is 1. The zero-order valence-corrected chi connectivity index (χ0v) is 17.2. The highest BCUT2D eigenvalue weighted by atomic mass is 35.5. The van der Waals surface area contributed by atoms with Gasteiger partial charge in [-0.05, 0) is 34.4 Å². The second-order valence-electron chi connectivity index (χ2n) is 7.26. The first kappa shape index (κ1) is 21.1. The number of rotatable bonds is 6. The van der Waals surface area contributed by atoms with Gasteiger partial charge in [-0.3, -0.25) is 0 Å². The molecule has 0 saturated heterocycles. The van der Waals surface area contributed by atoms with Crippen LogP contribution in [0.3, 0.4) is 0 Å². The normalized spacial score (nSPS) is 14.4. The van der Waals surface area contributed by atoms with Gasteiger partial charge in [-0.25, -0.2) is 9.78 Å². The fraction of sp³-hybridized carbons (Fsp3) is 0.217. The average molecular weight is 441 g/mol. The third-order valence-electron chi connectivity index (χ3n) is 5.31. The zero-order chi connectivity index (χ0) is 22.0. The monoisotopic (exact) mass is 440 g/mol. The molecule has 0 saturated carbocycles. The lowest BCUT2D eigenvalue weighted by atomic mass is 9.98. The summed E-state index contributed by atoms with van der Waals surface area (Å²) >= 11 is 5.76. The van der Waals surface area contributed by atoms with Crippen molar-refractivity contribution in [2.75, 3.05) is 13.2 Å². The van der Waals surface area contributed by atoms with Gasteiger partial charge in [-0.2, -0.15) is 0 Å². The number of fused-ring (bicyclic) bond motifs is 3. The number of halogens is 1. The van der Waals surface area contributed by atoms with Crippen LogP contribution in [0.5, 0.6) is 5.75 Å². The quantitative estimate of drug-likeness (QED) is 0.437. The molecule has 160 valence electrons. The van der Waals surface area contributed by atoms with Gasteiger partial charge in [0.1, 0.15) is 35.4 Å².